The van der Waals surface area contributed by atoms with Crippen molar-refractivity contribution in [3.63, 3.8) is 0 Å². The smallest absolute Gasteiger partial charge is 0.220 e. The molecule has 1 aromatic heterocycles. The van der Waals surface area contributed by atoms with Crippen LogP contribution in [0.4, 0.5) is 11.5 Å². The summed E-state index contributed by atoms with van der Waals surface area (Å²) in [6.07, 6.45) is 6.60. The van der Waals surface area contributed by atoms with Gasteiger partial charge in [-0.3, -0.25) is 4.79 Å². The highest BCUT2D eigenvalue weighted by Crippen LogP contribution is 2.18. The molecule has 1 aliphatic carbocycles. The van der Waals surface area contributed by atoms with E-state index in [0.29, 0.717) is 12.5 Å². The zero-order chi connectivity index (χ0) is 14.2. The number of pyridine rings is 1. The molecule has 5 nitrogen and oxygen atoms in total. The molecule has 1 saturated carbocycles. The summed E-state index contributed by atoms with van der Waals surface area (Å²) in [5.41, 5.74) is 1.04. The minimum atomic E-state index is 0.175. The topological polar surface area (TPSA) is 66.0 Å². The molecular formula is C15H24N4O. The maximum absolute atomic E-state index is 11.5. The van der Waals surface area contributed by atoms with E-state index < -0.39 is 0 Å². The first-order chi connectivity index (χ1) is 9.78. The number of amides is 1. The monoisotopic (exact) mass is 276 g/mol. The molecule has 2 rings (SSSR count). The van der Waals surface area contributed by atoms with Gasteiger partial charge in [-0.25, -0.2) is 4.98 Å². The summed E-state index contributed by atoms with van der Waals surface area (Å²) in [5, 5.41) is 9.58. The standard InChI is InChI=1S/C15H24N4O/c1-2-8-17-14-11-13(7-10-18-14)16-9-3-4-15(20)19-12-5-6-12/h7,10-12H,2-6,8-9H2,1H3,(H,19,20)(H2,16,17,18). The van der Waals surface area contributed by atoms with Gasteiger partial charge in [0.2, 0.25) is 5.91 Å². The molecule has 0 atom stereocenters. The van der Waals surface area contributed by atoms with Gasteiger partial charge in [-0.2, -0.15) is 0 Å². The lowest BCUT2D eigenvalue weighted by molar-refractivity contribution is -0.121. The van der Waals surface area contributed by atoms with E-state index in [-0.39, 0.29) is 5.91 Å². The van der Waals surface area contributed by atoms with Crippen LogP contribution in [0.5, 0.6) is 0 Å². The highest BCUT2D eigenvalue weighted by Gasteiger charge is 2.22. The van der Waals surface area contributed by atoms with Gasteiger partial charge in [0, 0.05) is 43.5 Å². The summed E-state index contributed by atoms with van der Waals surface area (Å²) in [7, 11) is 0. The van der Waals surface area contributed by atoms with Gasteiger partial charge in [0.1, 0.15) is 5.82 Å². The van der Waals surface area contributed by atoms with Crippen molar-refractivity contribution in [3.05, 3.63) is 18.3 Å². The number of carbonyl (C=O) groups is 1. The van der Waals surface area contributed by atoms with Crippen molar-refractivity contribution in [3.8, 4) is 0 Å². The summed E-state index contributed by atoms with van der Waals surface area (Å²) in [5.74, 6) is 1.07. The molecule has 1 amide bonds. The van der Waals surface area contributed by atoms with E-state index in [2.05, 4.69) is 27.9 Å². The van der Waals surface area contributed by atoms with Crippen molar-refractivity contribution in [2.45, 2.75) is 45.1 Å². The highest BCUT2D eigenvalue weighted by atomic mass is 16.1. The van der Waals surface area contributed by atoms with Crippen LogP contribution in [0.25, 0.3) is 0 Å². The summed E-state index contributed by atoms with van der Waals surface area (Å²) in [4.78, 5) is 15.8. The SMILES string of the molecule is CCCNc1cc(NCCCC(=O)NC2CC2)ccn1. The first-order valence-electron chi connectivity index (χ1n) is 7.51. The van der Waals surface area contributed by atoms with Crippen molar-refractivity contribution < 1.29 is 4.79 Å². The lowest BCUT2D eigenvalue weighted by atomic mass is 10.3. The Morgan fingerprint density at radius 3 is 2.95 bits per heavy atom. The van der Waals surface area contributed by atoms with E-state index in [1.807, 2.05) is 12.1 Å². The van der Waals surface area contributed by atoms with Crippen LogP contribution in [0.15, 0.2) is 18.3 Å². The molecule has 1 heterocycles. The minimum absolute atomic E-state index is 0.175. The molecule has 1 aromatic rings. The number of carbonyl (C=O) groups excluding carboxylic acids is 1. The lowest BCUT2D eigenvalue weighted by Gasteiger charge is -2.09. The van der Waals surface area contributed by atoms with Crippen molar-refractivity contribution in [1.29, 1.82) is 0 Å². The Balaban J connectivity index is 1.63. The summed E-state index contributed by atoms with van der Waals surface area (Å²) in [6.45, 7) is 3.86. The fraction of sp³-hybridized carbons (Fsp3) is 0.600. The highest BCUT2D eigenvalue weighted by molar-refractivity contribution is 5.76. The number of aromatic nitrogens is 1. The molecule has 3 N–H and O–H groups in total. The number of nitrogens with one attached hydrogen (secondary N) is 3. The van der Waals surface area contributed by atoms with Gasteiger partial charge in [0.25, 0.3) is 0 Å². The molecule has 5 heteroatoms. The van der Waals surface area contributed by atoms with Crippen molar-refractivity contribution in [2.24, 2.45) is 0 Å². The third-order valence-electron chi connectivity index (χ3n) is 3.17. The van der Waals surface area contributed by atoms with Gasteiger partial charge in [-0.15, -0.1) is 0 Å². The molecule has 0 spiro atoms. The second kappa shape index (κ2) is 7.72. The van der Waals surface area contributed by atoms with Crippen LogP contribution in [0.3, 0.4) is 0 Å². The molecule has 1 aliphatic rings. The van der Waals surface area contributed by atoms with Gasteiger partial charge in [-0.05, 0) is 31.7 Å². The molecule has 0 aromatic carbocycles. The number of hydrogen-bond acceptors (Lipinski definition) is 4. The third-order valence-corrected chi connectivity index (χ3v) is 3.17. The van der Waals surface area contributed by atoms with Gasteiger partial charge in [-0.1, -0.05) is 6.92 Å². The van der Waals surface area contributed by atoms with Crippen molar-refractivity contribution in [1.82, 2.24) is 10.3 Å². The predicted octanol–water partition coefficient (Wildman–Crippen LogP) is 2.37. The zero-order valence-electron chi connectivity index (χ0n) is 12.1. The summed E-state index contributed by atoms with van der Waals surface area (Å²) in [6, 6.07) is 4.41. The molecule has 0 saturated heterocycles. The van der Waals surface area contributed by atoms with E-state index in [4.69, 9.17) is 0 Å². The maximum Gasteiger partial charge on any atom is 0.220 e. The number of hydrogen-bond donors (Lipinski definition) is 3. The summed E-state index contributed by atoms with van der Waals surface area (Å²) < 4.78 is 0. The molecule has 0 radical (unpaired) electrons. The largest absolute Gasteiger partial charge is 0.385 e. The van der Waals surface area contributed by atoms with E-state index in [1.54, 1.807) is 6.20 Å². The Morgan fingerprint density at radius 1 is 1.35 bits per heavy atom. The minimum Gasteiger partial charge on any atom is -0.385 e. The van der Waals surface area contributed by atoms with Crippen LogP contribution >= 0.6 is 0 Å². The fourth-order valence-corrected chi connectivity index (χ4v) is 1.90. The predicted molar refractivity (Wildman–Crippen MR) is 81.9 cm³/mol. The molecular weight excluding hydrogens is 252 g/mol. The number of rotatable bonds is 9. The first-order valence-corrected chi connectivity index (χ1v) is 7.51. The molecule has 110 valence electrons. The van der Waals surface area contributed by atoms with E-state index in [0.717, 1.165) is 50.3 Å². The molecule has 1 fully saturated rings. The van der Waals surface area contributed by atoms with Crippen LogP contribution in [0, 0.1) is 0 Å². The van der Waals surface area contributed by atoms with Gasteiger partial charge in [0.15, 0.2) is 0 Å². The van der Waals surface area contributed by atoms with E-state index in [1.165, 1.54) is 0 Å². The lowest BCUT2D eigenvalue weighted by Crippen LogP contribution is -2.25. The average Bonchev–Trinajstić information content (AvgIpc) is 3.26. The normalized spacial score (nSPS) is 13.8. The van der Waals surface area contributed by atoms with Crippen LogP contribution in [0.1, 0.15) is 39.0 Å². The molecule has 0 bridgehead atoms. The average molecular weight is 276 g/mol. The summed E-state index contributed by atoms with van der Waals surface area (Å²) >= 11 is 0. The quantitative estimate of drug-likeness (QED) is 0.606. The number of nitrogens with zero attached hydrogens (tertiary/aromatic N) is 1. The number of anilines is 2. The third kappa shape index (κ3) is 5.47. The Kier molecular flexibility index (Phi) is 5.65. The second-order valence-electron chi connectivity index (χ2n) is 5.23. The van der Waals surface area contributed by atoms with Gasteiger partial charge in [0.05, 0.1) is 0 Å². The van der Waals surface area contributed by atoms with Crippen molar-refractivity contribution in [2.75, 3.05) is 23.7 Å². The van der Waals surface area contributed by atoms with Gasteiger partial charge >= 0.3 is 0 Å². The van der Waals surface area contributed by atoms with Crippen LogP contribution in [-0.2, 0) is 4.79 Å². The Bertz CT molecular complexity index is 432. The van der Waals surface area contributed by atoms with Crippen LogP contribution in [0.2, 0.25) is 0 Å². The molecule has 0 aliphatic heterocycles. The maximum atomic E-state index is 11.5. The Hall–Kier alpha value is -1.78. The van der Waals surface area contributed by atoms with E-state index >= 15 is 0 Å². The zero-order valence-corrected chi connectivity index (χ0v) is 12.1. The fourth-order valence-electron chi connectivity index (χ4n) is 1.90. The Morgan fingerprint density at radius 2 is 2.20 bits per heavy atom. The second-order valence-corrected chi connectivity index (χ2v) is 5.23. The van der Waals surface area contributed by atoms with Crippen LogP contribution in [-0.4, -0.2) is 30.0 Å². The molecule has 20 heavy (non-hydrogen) atoms. The Labute approximate surface area is 120 Å². The van der Waals surface area contributed by atoms with Crippen molar-refractivity contribution >= 4 is 17.4 Å². The van der Waals surface area contributed by atoms with Gasteiger partial charge < -0.3 is 16.0 Å². The van der Waals surface area contributed by atoms with Crippen LogP contribution < -0.4 is 16.0 Å². The first kappa shape index (κ1) is 14.6. The van der Waals surface area contributed by atoms with E-state index in [9.17, 15) is 4.79 Å². The molecule has 0 unspecified atom stereocenters.